The predicted molar refractivity (Wildman–Crippen MR) is 64.8 cm³/mol. The first-order chi connectivity index (χ1) is 7.86. The van der Waals surface area contributed by atoms with E-state index in [0.29, 0.717) is 0 Å². The van der Waals surface area contributed by atoms with Crippen LogP contribution in [0, 0.1) is 5.82 Å². The number of halogens is 3. The van der Waals surface area contributed by atoms with Gasteiger partial charge in [-0.1, -0.05) is 23.2 Å². The summed E-state index contributed by atoms with van der Waals surface area (Å²) in [5.74, 6) is -1.21. The topological polar surface area (TPSA) is 38.3 Å². The minimum Gasteiger partial charge on any atom is -0.467 e. The van der Waals surface area contributed by atoms with E-state index in [0.717, 1.165) is 6.07 Å². The molecule has 0 aliphatic rings. The molecule has 1 aromatic rings. The van der Waals surface area contributed by atoms with E-state index in [1.165, 1.54) is 13.2 Å². The maximum Gasteiger partial charge on any atom is 0.330 e. The van der Waals surface area contributed by atoms with Crippen LogP contribution >= 0.6 is 23.2 Å². The number of ether oxygens (including phenoxy) is 1. The van der Waals surface area contributed by atoms with E-state index in [9.17, 15) is 9.18 Å². The summed E-state index contributed by atoms with van der Waals surface area (Å²) < 4.78 is 18.1. The second kappa shape index (κ2) is 5.21. The Bertz CT molecular complexity index is 453. The highest BCUT2D eigenvalue weighted by atomic mass is 35.5. The molecular weight excluding hydrogens is 268 g/mol. The van der Waals surface area contributed by atoms with E-state index >= 15 is 0 Å². The van der Waals surface area contributed by atoms with Crippen molar-refractivity contribution in [2.75, 3.05) is 14.2 Å². The largest absolute Gasteiger partial charge is 0.467 e. The Morgan fingerprint density at radius 3 is 2.47 bits per heavy atom. The lowest BCUT2D eigenvalue weighted by Crippen LogP contribution is -2.45. The van der Waals surface area contributed by atoms with E-state index in [4.69, 9.17) is 23.2 Å². The molecule has 17 heavy (non-hydrogen) atoms. The molecule has 1 rings (SSSR count). The molecule has 0 fully saturated rings. The van der Waals surface area contributed by atoms with Crippen LogP contribution in [0.1, 0.15) is 12.5 Å². The zero-order valence-electron chi connectivity index (χ0n) is 9.61. The van der Waals surface area contributed by atoms with Crippen molar-refractivity contribution in [3.05, 3.63) is 33.6 Å². The lowest BCUT2D eigenvalue weighted by atomic mass is 9.92. The van der Waals surface area contributed by atoms with Crippen molar-refractivity contribution in [3.63, 3.8) is 0 Å². The van der Waals surface area contributed by atoms with Gasteiger partial charge in [-0.3, -0.25) is 0 Å². The van der Waals surface area contributed by atoms with Crippen LogP contribution in [-0.2, 0) is 15.1 Å². The molecule has 0 aromatic heterocycles. The van der Waals surface area contributed by atoms with Gasteiger partial charge in [0.25, 0.3) is 0 Å². The van der Waals surface area contributed by atoms with Crippen molar-refractivity contribution in [3.8, 4) is 0 Å². The molecule has 0 amide bonds. The fourth-order valence-corrected chi connectivity index (χ4v) is 2.03. The van der Waals surface area contributed by atoms with Crippen LogP contribution in [0.4, 0.5) is 4.39 Å². The molecule has 0 radical (unpaired) electrons. The summed E-state index contributed by atoms with van der Waals surface area (Å²) in [6, 6.07) is 2.38. The number of carbonyl (C=O) groups is 1. The number of carbonyl (C=O) groups excluding carboxylic acids is 1. The molecule has 0 aliphatic heterocycles. The lowest BCUT2D eigenvalue weighted by molar-refractivity contribution is -0.148. The lowest BCUT2D eigenvalue weighted by Gasteiger charge is -2.27. The van der Waals surface area contributed by atoms with Crippen LogP contribution in [0.25, 0.3) is 0 Å². The van der Waals surface area contributed by atoms with Crippen LogP contribution in [0.2, 0.25) is 10.0 Å². The molecule has 0 spiro atoms. The van der Waals surface area contributed by atoms with Gasteiger partial charge < -0.3 is 10.1 Å². The third-order valence-corrected chi connectivity index (χ3v) is 3.24. The fourth-order valence-electron chi connectivity index (χ4n) is 1.46. The van der Waals surface area contributed by atoms with Crippen LogP contribution < -0.4 is 5.32 Å². The summed E-state index contributed by atoms with van der Waals surface area (Å²) in [4.78, 5) is 11.7. The van der Waals surface area contributed by atoms with Crippen molar-refractivity contribution in [2.45, 2.75) is 12.5 Å². The average Bonchev–Trinajstić information content (AvgIpc) is 2.31. The molecule has 1 N–H and O–H groups in total. The Hall–Kier alpha value is -0.840. The second-order valence-corrected chi connectivity index (χ2v) is 4.43. The molecule has 3 nitrogen and oxygen atoms in total. The van der Waals surface area contributed by atoms with Crippen molar-refractivity contribution < 1.29 is 13.9 Å². The molecule has 1 atom stereocenters. The Kier molecular flexibility index (Phi) is 4.36. The summed E-state index contributed by atoms with van der Waals surface area (Å²) >= 11 is 11.6. The van der Waals surface area contributed by atoms with E-state index in [1.807, 2.05) is 0 Å². The third kappa shape index (κ3) is 2.54. The Morgan fingerprint density at radius 1 is 1.41 bits per heavy atom. The smallest absolute Gasteiger partial charge is 0.330 e. The van der Waals surface area contributed by atoms with Gasteiger partial charge in [-0.05, 0) is 26.1 Å². The summed E-state index contributed by atoms with van der Waals surface area (Å²) in [5, 5.41) is 2.86. The molecule has 0 saturated heterocycles. The summed E-state index contributed by atoms with van der Waals surface area (Å²) in [7, 11) is 2.80. The summed E-state index contributed by atoms with van der Waals surface area (Å²) in [6.45, 7) is 1.55. The molecule has 6 heteroatoms. The van der Waals surface area contributed by atoms with Gasteiger partial charge in [0.15, 0.2) is 0 Å². The molecule has 0 aliphatic carbocycles. The maximum absolute atomic E-state index is 13.4. The Morgan fingerprint density at radius 2 is 2.00 bits per heavy atom. The number of hydrogen-bond acceptors (Lipinski definition) is 3. The quantitative estimate of drug-likeness (QED) is 0.683. The Balaban J connectivity index is 3.40. The van der Waals surface area contributed by atoms with Gasteiger partial charge in [-0.25, -0.2) is 9.18 Å². The number of nitrogens with one attached hydrogen (secondary N) is 1. The number of methoxy groups -OCH3 is 1. The standard InChI is InChI=1S/C11H12Cl2FNO2/c1-11(15-2,10(16)17-3)6-4-9(14)8(13)5-7(6)12/h4-5,15H,1-3H3. The molecule has 1 aromatic carbocycles. The first-order valence-corrected chi connectivity index (χ1v) is 5.54. The minimum absolute atomic E-state index is 0.0953. The van der Waals surface area contributed by atoms with Crippen LogP contribution in [0.3, 0.4) is 0 Å². The first-order valence-electron chi connectivity index (χ1n) is 4.79. The van der Waals surface area contributed by atoms with Gasteiger partial charge in [0.05, 0.1) is 12.1 Å². The van der Waals surface area contributed by atoms with E-state index in [1.54, 1.807) is 14.0 Å². The Labute approximate surface area is 109 Å². The zero-order valence-corrected chi connectivity index (χ0v) is 11.1. The number of esters is 1. The van der Waals surface area contributed by atoms with E-state index in [-0.39, 0.29) is 15.6 Å². The first kappa shape index (κ1) is 14.2. The predicted octanol–water partition coefficient (Wildman–Crippen LogP) is 2.74. The molecule has 94 valence electrons. The second-order valence-electron chi connectivity index (χ2n) is 3.61. The van der Waals surface area contributed by atoms with Crippen LogP contribution in [-0.4, -0.2) is 20.1 Å². The highest BCUT2D eigenvalue weighted by Gasteiger charge is 2.37. The van der Waals surface area contributed by atoms with Crippen molar-refractivity contribution in [2.24, 2.45) is 0 Å². The van der Waals surface area contributed by atoms with Gasteiger partial charge >= 0.3 is 5.97 Å². The van der Waals surface area contributed by atoms with Crippen molar-refractivity contribution in [1.82, 2.24) is 5.32 Å². The van der Waals surface area contributed by atoms with Gasteiger partial charge in [0, 0.05) is 10.6 Å². The van der Waals surface area contributed by atoms with E-state index < -0.39 is 17.3 Å². The SMILES string of the molecule is CNC(C)(C(=O)OC)c1cc(F)c(Cl)cc1Cl. The number of hydrogen-bond donors (Lipinski definition) is 1. The maximum atomic E-state index is 13.4. The monoisotopic (exact) mass is 279 g/mol. The normalized spacial score (nSPS) is 14.2. The van der Waals surface area contributed by atoms with Gasteiger partial charge in [-0.15, -0.1) is 0 Å². The van der Waals surface area contributed by atoms with E-state index in [2.05, 4.69) is 10.1 Å². The highest BCUT2D eigenvalue weighted by molar-refractivity contribution is 6.35. The highest BCUT2D eigenvalue weighted by Crippen LogP contribution is 2.32. The molecule has 0 saturated carbocycles. The van der Waals surface area contributed by atoms with Gasteiger partial charge in [0.1, 0.15) is 11.4 Å². The fraction of sp³-hybridized carbons (Fsp3) is 0.364. The molecule has 0 bridgehead atoms. The number of rotatable bonds is 3. The third-order valence-electron chi connectivity index (χ3n) is 2.64. The minimum atomic E-state index is -1.22. The molecular formula is C11H12Cl2FNO2. The average molecular weight is 280 g/mol. The van der Waals surface area contributed by atoms with Gasteiger partial charge in [-0.2, -0.15) is 0 Å². The van der Waals surface area contributed by atoms with Crippen LogP contribution in [0.15, 0.2) is 12.1 Å². The van der Waals surface area contributed by atoms with Gasteiger partial charge in [0.2, 0.25) is 0 Å². The number of benzene rings is 1. The zero-order chi connectivity index (χ0) is 13.2. The number of likely N-dealkylation sites (N-methyl/N-ethyl adjacent to an activating group) is 1. The molecule has 0 heterocycles. The van der Waals surface area contributed by atoms with Crippen molar-refractivity contribution in [1.29, 1.82) is 0 Å². The van der Waals surface area contributed by atoms with Crippen molar-refractivity contribution >= 4 is 29.2 Å². The van der Waals surface area contributed by atoms with Crippen LogP contribution in [0.5, 0.6) is 0 Å². The summed E-state index contributed by atoms with van der Waals surface area (Å²) in [5.41, 5.74) is -0.951. The summed E-state index contributed by atoms with van der Waals surface area (Å²) in [6.07, 6.45) is 0. The molecule has 1 unspecified atom stereocenters.